The third-order valence-electron chi connectivity index (χ3n) is 3.85. The van der Waals surface area contributed by atoms with Crippen molar-refractivity contribution in [2.45, 2.75) is 58.6 Å². The van der Waals surface area contributed by atoms with Gasteiger partial charge in [0.2, 0.25) is 5.91 Å². The fourth-order valence-electron chi connectivity index (χ4n) is 2.11. The molecule has 132 valence electrons. The van der Waals surface area contributed by atoms with Gasteiger partial charge >= 0.3 is 0 Å². The molecule has 0 heterocycles. The third kappa shape index (κ3) is 9.25. The van der Waals surface area contributed by atoms with Crippen LogP contribution >= 0.6 is 0 Å². The molecule has 0 saturated carbocycles. The lowest BCUT2D eigenvalue weighted by Gasteiger charge is -2.29. The first-order chi connectivity index (χ1) is 10.7. The first-order valence-corrected chi connectivity index (χ1v) is 9.54. The zero-order valence-electron chi connectivity index (χ0n) is 14.9. The van der Waals surface area contributed by atoms with Gasteiger partial charge in [0.05, 0.1) is 0 Å². The number of rotatable bonds is 11. The van der Waals surface area contributed by atoms with Gasteiger partial charge in [-0.05, 0) is 32.3 Å². The van der Waals surface area contributed by atoms with E-state index in [9.17, 15) is 14.4 Å². The van der Waals surface area contributed by atoms with Crippen LogP contribution in [0.3, 0.4) is 0 Å². The van der Waals surface area contributed by atoms with E-state index in [1.165, 1.54) is 0 Å². The fraction of sp³-hybridized carbons (Fsp3) is 0.588. The van der Waals surface area contributed by atoms with Crippen LogP contribution in [-0.2, 0) is 18.8 Å². The molecule has 1 atom stereocenters. The number of carbonyl (C=O) groups is 3. The highest BCUT2D eigenvalue weighted by molar-refractivity contribution is 6.35. The van der Waals surface area contributed by atoms with E-state index in [1.54, 1.807) is 13.0 Å². The van der Waals surface area contributed by atoms with E-state index in [0.717, 1.165) is 12.5 Å². The molecule has 0 spiro atoms. The van der Waals surface area contributed by atoms with E-state index in [0.29, 0.717) is 18.9 Å². The van der Waals surface area contributed by atoms with Crippen LogP contribution in [0, 0.1) is 5.92 Å². The molecule has 0 bridgehead atoms. The molecule has 0 saturated heterocycles. The second-order valence-electron chi connectivity index (χ2n) is 5.18. The summed E-state index contributed by atoms with van der Waals surface area (Å²) in [6, 6.07) is 0.486. The minimum absolute atomic E-state index is 0.0592. The standard InChI is InChI=1S/C14H26O3Si.C3H5NO/c1-6-12(7-2)13(16)10-18-17-14(8-3,9-4)11(5)15;1-2-3(4)5/h6,12H,1,7-10,18H2,2-5H3;2H,1H2,(H2,4,5). The van der Waals surface area contributed by atoms with Crippen molar-refractivity contribution >= 4 is 27.2 Å². The van der Waals surface area contributed by atoms with Crippen LogP contribution in [-0.4, -0.2) is 32.8 Å². The van der Waals surface area contributed by atoms with Gasteiger partial charge in [-0.3, -0.25) is 14.4 Å². The average molecular weight is 342 g/mol. The molecule has 0 aliphatic rings. The Morgan fingerprint density at radius 3 is 1.96 bits per heavy atom. The summed E-state index contributed by atoms with van der Waals surface area (Å²) < 4.78 is 5.83. The third-order valence-corrected chi connectivity index (χ3v) is 5.30. The summed E-state index contributed by atoms with van der Waals surface area (Å²) in [7, 11) is -0.985. The highest BCUT2D eigenvalue weighted by Gasteiger charge is 2.32. The SMILES string of the molecule is C=CC(CC)C(=O)C[SiH2]OC(CC)(CC)C(C)=O.C=CC(N)=O. The van der Waals surface area contributed by atoms with E-state index in [1.807, 2.05) is 20.8 Å². The largest absolute Gasteiger partial charge is 0.411 e. The van der Waals surface area contributed by atoms with E-state index in [-0.39, 0.29) is 17.5 Å². The number of allylic oxidation sites excluding steroid dienone is 1. The molecule has 0 aromatic rings. The number of hydrogen-bond acceptors (Lipinski definition) is 4. The van der Waals surface area contributed by atoms with Crippen LogP contribution in [0.1, 0.15) is 47.0 Å². The highest BCUT2D eigenvalue weighted by atomic mass is 28.2. The zero-order valence-corrected chi connectivity index (χ0v) is 16.3. The molecule has 0 aliphatic heterocycles. The monoisotopic (exact) mass is 341 g/mol. The summed E-state index contributed by atoms with van der Waals surface area (Å²) >= 11 is 0. The van der Waals surface area contributed by atoms with Crippen LogP contribution in [0.15, 0.2) is 25.3 Å². The second-order valence-corrected chi connectivity index (χ2v) is 6.38. The minimum atomic E-state index is -0.985. The molecule has 2 N–H and O–H groups in total. The fourth-order valence-corrected chi connectivity index (χ4v) is 3.79. The number of amides is 1. The maximum atomic E-state index is 11.8. The van der Waals surface area contributed by atoms with Crippen molar-refractivity contribution in [2.75, 3.05) is 0 Å². The Morgan fingerprint density at radius 2 is 1.70 bits per heavy atom. The highest BCUT2D eigenvalue weighted by Crippen LogP contribution is 2.22. The normalized spacial score (nSPS) is 12.2. The first kappa shape index (κ1) is 23.7. The molecule has 6 heteroatoms. The molecule has 23 heavy (non-hydrogen) atoms. The number of Topliss-reactive ketones (excluding diaryl/α,β-unsaturated/α-hetero) is 2. The molecule has 5 nitrogen and oxygen atoms in total. The summed E-state index contributed by atoms with van der Waals surface area (Å²) in [5, 5.41) is 0. The van der Waals surface area contributed by atoms with Crippen molar-refractivity contribution < 1.29 is 18.8 Å². The average Bonchev–Trinajstić information content (AvgIpc) is 2.53. The molecule has 0 fully saturated rings. The Morgan fingerprint density at radius 1 is 1.22 bits per heavy atom. The lowest BCUT2D eigenvalue weighted by molar-refractivity contribution is -0.133. The summed E-state index contributed by atoms with van der Waals surface area (Å²) in [6.45, 7) is 14.2. The molecule has 1 unspecified atom stereocenters. The molecule has 0 rings (SSSR count). The Balaban J connectivity index is 0. The predicted molar refractivity (Wildman–Crippen MR) is 96.8 cm³/mol. The summed E-state index contributed by atoms with van der Waals surface area (Å²) in [4.78, 5) is 33.0. The number of nitrogens with two attached hydrogens (primary N) is 1. The van der Waals surface area contributed by atoms with Gasteiger partial charge in [0.1, 0.15) is 11.4 Å². The van der Waals surface area contributed by atoms with Crippen molar-refractivity contribution in [1.29, 1.82) is 0 Å². The number of ketones is 2. The Bertz CT molecular complexity index is 417. The molecule has 0 aromatic heterocycles. The van der Waals surface area contributed by atoms with Gasteiger partial charge in [-0.1, -0.05) is 33.4 Å². The van der Waals surface area contributed by atoms with Gasteiger partial charge in [-0.15, -0.1) is 6.58 Å². The summed E-state index contributed by atoms with van der Waals surface area (Å²) in [6.07, 6.45) is 4.90. The molecular weight excluding hydrogens is 310 g/mol. The van der Waals surface area contributed by atoms with Crippen LogP contribution in [0.2, 0.25) is 6.04 Å². The van der Waals surface area contributed by atoms with E-state index in [2.05, 4.69) is 18.9 Å². The summed E-state index contributed by atoms with van der Waals surface area (Å²) in [5.41, 5.74) is 3.88. The Kier molecular flexibility index (Phi) is 13.4. The quantitative estimate of drug-likeness (QED) is 0.354. The van der Waals surface area contributed by atoms with Gasteiger partial charge in [0, 0.05) is 12.0 Å². The van der Waals surface area contributed by atoms with Gasteiger partial charge in [0.25, 0.3) is 0 Å². The van der Waals surface area contributed by atoms with Crippen molar-refractivity contribution in [3.05, 3.63) is 25.3 Å². The van der Waals surface area contributed by atoms with Crippen molar-refractivity contribution in [2.24, 2.45) is 11.7 Å². The second kappa shape index (κ2) is 13.0. The lowest BCUT2D eigenvalue weighted by Crippen LogP contribution is -2.40. The maximum absolute atomic E-state index is 11.8. The minimum Gasteiger partial charge on any atom is -0.411 e. The lowest BCUT2D eigenvalue weighted by atomic mass is 9.93. The molecule has 0 aromatic carbocycles. The number of hydrogen-bond donors (Lipinski definition) is 1. The predicted octanol–water partition coefficient (Wildman–Crippen LogP) is 2.09. The Labute approximate surface area is 142 Å². The first-order valence-electron chi connectivity index (χ1n) is 7.96. The molecule has 0 radical (unpaired) electrons. The van der Waals surface area contributed by atoms with Crippen molar-refractivity contribution in [3.8, 4) is 0 Å². The van der Waals surface area contributed by atoms with Gasteiger partial charge in [0.15, 0.2) is 15.5 Å². The van der Waals surface area contributed by atoms with Crippen LogP contribution < -0.4 is 5.73 Å². The topological polar surface area (TPSA) is 86.5 Å². The van der Waals surface area contributed by atoms with Gasteiger partial charge < -0.3 is 10.2 Å². The van der Waals surface area contributed by atoms with Crippen molar-refractivity contribution in [1.82, 2.24) is 0 Å². The zero-order chi connectivity index (χ0) is 18.5. The smallest absolute Gasteiger partial charge is 0.240 e. The molecule has 0 aliphatic carbocycles. The maximum Gasteiger partial charge on any atom is 0.240 e. The summed E-state index contributed by atoms with van der Waals surface area (Å²) in [5.74, 6) is -0.270. The van der Waals surface area contributed by atoms with Crippen molar-refractivity contribution in [3.63, 3.8) is 0 Å². The van der Waals surface area contributed by atoms with E-state index < -0.39 is 21.3 Å². The van der Waals surface area contributed by atoms with Crippen LogP contribution in [0.25, 0.3) is 0 Å². The van der Waals surface area contributed by atoms with Gasteiger partial charge in [-0.2, -0.15) is 0 Å². The van der Waals surface area contributed by atoms with E-state index in [4.69, 9.17) is 4.43 Å². The number of carbonyl (C=O) groups excluding carboxylic acids is 3. The number of primary amides is 1. The van der Waals surface area contributed by atoms with Gasteiger partial charge in [-0.25, -0.2) is 0 Å². The Hall–Kier alpha value is -1.53. The van der Waals surface area contributed by atoms with Crippen LogP contribution in [0.4, 0.5) is 0 Å². The van der Waals surface area contributed by atoms with Crippen LogP contribution in [0.5, 0.6) is 0 Å². The molecular formula is C17H31NO4Si. The van der Waals surface area contributed by atoms with E-state index >= 15 is 0 Å². The molecule has 1 amide bonds.